The summed E-state index contributed by atoms with van der Waals surface area (Å²) >= 11 is 2.94. The van der Waals surface area contributed by atoms with E-state index in [0.717, 1.165) is 30.9 Å². The third-order valence-corrected chi connectivity index (χ3v) is 7.41. The van der Waals surface area contributed by atoms with E-state index in [1.807, 2.05) is 19.1 Å². The van der Waals surface area contributed by atoms with E-state index in [9.17, 15) is 18.0 Å². The Morgan fingerprint density at radius 1 is 0.842 bits per heavy atom. The number of amides is 1. The molecule has 0 aromatic heterocycles. The molecule has 0 saturated heterocycles. The van der Waals surface area contributed by atoms with E-state index in [-0.39, 0.29) is 10.2 Å². The Balaban J connectivity index is 1.87. The van der Waals surface area contributed by atoms with Crippen molar-refractivity contribution in [2.45, 2.75) is 110 Å². The fraction of sp³-hybridized carbons (Fsp3) is 0.581. The maximum Gasteiger partial charge on any atom is 0.417 e. The van der Waals surface area contributed by atoms with Crippen LogP contribution in [0.1, 0.15) is 119 Å². The molecule has 0 saturated carbocycles. The molecule has 1 amide bonds. The van der Waals surface area contributed by atoms with Crippen molar-refractivity contribution in [3.63, 3.8) is 0 Å². The predicted octanol–water partition coefficient (Wildman–Crippen LogP) is 10.8. The van der Waals surface area contributed by atoms with Crippen molar-refractivity contribution >= 4 is 27.5 Å². The Hall–Kier alpha value is -2.02. The molecule has 1 N–H and O–H groups in total. The van der Waals surface area contributed by atoms with Crippen LogP contribution in [0.5, 0.6) is 5.75 Å². The van der Waals surface area contributed by atoms with E-state index in [4.69, 9.17) is 4.74 Å². The van der Waals surface area contributed by atoms with Gasteiger partial charge in [-0.25, -0.2) is 0 Å². The number of ether oxygens (including phenoxy) is 1. The molecular formula is C31H43BrF3NO2. The minimum atomic E-state index is -4.53. The molecule has 0 bridgehead atoms. The number of rotatable bonds is 18. The zero-order valence-corrected chi connectivity index (χ0v) is 24.5. The van der Waals surface area contributed by atoms with Gasteiger partial charge in [0.15, 0.2) is 0 Å². The molecule has 0 aliphatic rings. The van der Waals surface area contributed by atoms with Gasteiger partial charge in [0, 0.05) is 10.2 Å². The number of halogens is 4. The van der Waals surface area contributed by atoms with Crippen LogP contribution in [0, 0.1) is 0 Å². The van der Waals surface area contributed by atoms with Crippen LogP contribution in [0.4, 0.5) is 18.9 Å². The number of nitrogens with one attached hydrogen (secondary N) is 1. The number of benzene rings is 2. The summed E-state index contributed by atoms with van der Waals surface area (Å²) in [6.45, 7) is 4.47. The van der Waals surface area contributed by atoms with Crippen molar-refractivity contribution in [2.24, 2.45) is 0 Å². The monoisotopic (exact) mass is 597 g/mol. The molecule has 0 heterocycles. The first-order chi connectivity index (χ1) is 18.3. The third kappa shape index (κ3) is 11.4. The second-order valence-corrected chi connectivity index (χ2v) is 10.7. The van der Waals surface area contributed by atoms with E-state index >= 15 is 0 Å². The van der Waals surface area contributed by atoms with Crippen LogP contribution in [0.3, 0.4) is 0 Å². The molecule has 0 spiro atoms. The largest absolute Gasteiger partial charge is 0.493 e. The lowest BCUT2D eigenvalue weighted by Gasteiger charge is -2.16. The molecule has 3 nitrogen and oxygen atoms in total. The molecular weight excluding hydrogens is 555 g/mol. The highest BCUT2D eigenvalue weighted by atomic mass is 79.9. The maximum atomic E-state index is 13.3. The van der Waals surface area contributed by atoms with Gasteiger partial charge in [0.1, 0.15) is 5.75 Å². The first kappa shape index (κ1) is 32.2. The molecule has 38 heavy (non-hydrogen) atoms. The van der Waals surface area contributed by atoms with Gasteiger partial charge in [0.25, 0.3) is 5.91 Å². The molecule has 2 aromatic carbocycles. The highest BCUT2D eigenvalue weighted by Crippen LogP contribution is 2.36. The Kier molecular flexibility index (Phi) is 14.9. The van der Waals surface area contributed by atoms with Gasteiger partial charge < -0.3 is 10.1 Å². The lowest BCUT2D eigenvalue weighted by Crippen LogP contribution is -2.17. The summed E-state index contributed by atoms with van der Waals surface area (Å²) in [5.41, 5.74) is 0.499. The summed E-state index contributed by atoms with van der Waals surface area (Å²) < 4.78 is 45.6. The fourth-order valence-electron chi connectivity index (χ4n) is 4.67. The zero-order valence-electron chi connectivity index (χ0n) is 22.9. The lowest BCUT2D eigenvalue weighted by molar-refractivity contribution is -0.138. The van der Waals surface area contributed by atoms with Crippen molar-refractivity contribution in [3.8, 4) is 5.75 Å². The number of carbonyl (C=O) groups excluding carboxylic acids is 1. The molecule has 0 radical (unpaired) electrons. The molecule has 7 heteroatoms. The first-order valence-corrected chi connectivity index (χ1v) is 15.0. The molecule has 0 fully saturated rings. The topological polar surface area (TPSA) is 38.3 Å². The number of aryl methyl sites for hydroxylation is 1. The molecule has 2 rings (SSSR count). The van der Waals surface area contributed by atoms with E-state index in [2.05, 4.69) is 28.2 Å². The second-order valence-electron chi connectivity index (χ2n) is 9.86. The lowest BCUT2D eigenvalue weighted by atomic mass is 9.98. The van der Waals surface area contributed by atoms with Gasteiger partial charge in [-0.3, -0.25) is 4.79 Å². The summed E-state index contributed by atoms with van der Waals surface area (Å²) in [4.78, 5) is 13.2. The van der Waals surface area contributed by atoms with Crippen LogP contribution in [-0.4, -0.2) is 12.5 Å². The SMILES string of the molecule is CCCCCCCCCCCCCCCc1cccc(OCC)c1C(=O)Nc1ccc(Br)c(C(F)(F)F)c1. The van der Waals surface area contributed by atoms with Gasteiger partial charge in [-0.1, -0.05) is 112 Å². The van der Waals surface area contributed by atoms with Crippen LogP contribution < -0.4 is 10.1 Å². The Morgan fingerprint density at radius 2 is 1.42 bits per heavy atom. The van der Waals surface area contributed by atoms with Crippen LogP contribution in [-0.2, 0) is 12.6 Å². The zero-order chi connectivity index (χ0) is 27.8. The van der Waals surface area contributed by atoms with Crippen molar-refractivity contribution in [1.82, 2.24) is 0 Å². The average Bonchev–Trinajstić information content (AvgIpc) is 2.87. The van der Waals surface area contributed by atoms with Crippen molar-refractivity contribution < 1.29 is 22.7 Å². The molecule has 0 atom stereocenters. The molecule has 2 aromatic rings. The van der Waals surface area contributed by atoms with Crippen molar-refractivity contribution in [3.05, 3.63) is 57.6 Å². The number of carbonyl (C=O) groups is 1. The minimum Gasteiger partial charge on any atom is -0.493 e. The Bertz CT molecular complexity index is 978. The summed E-state index contributed by atoms with van der Waals surface area (Å²) in [6.07, 6.45) is 12.6. The molecule has 0 unspecified atom stereocenters. The van der Waals surface area contributed by atoms with Crippen LogP contribution >= 0.6 is 15.9 Å². The normalized spacial score (nSPS) is 11.5. The quantitative estimate of drug-likeness (QED) is 0.173. The molecule has 0 aliphatic carbocycles. The first-order valence-electron chi connectivity index (χ1n) is 14.2. The van der Waals surface area contributed by atoms with E-state index in [0.29, 0.717) is 17.9 Å². The number of alkyl halides is 3. The summed E-state index contributed by atoms with van der Waals surface area (Å²) in [7, 11) is 0. The Labute approximate surface area is 235 Å². The maximum absolute atomic E-state index is 13.3. The summed E-state index contributed by atoms with van der Waals surface area (Å²) in [6, 6.07) is 9.18. The van der Waals surface area contributed by atoms with E-state index in [1.54, 1.807) is 6.07 Å². The number of hydrogen-bond donors (Lipinski definition) is 1. The fourth-order valence-corrected chi connectivity index (χ4v) is 5.14. The average molecular weight is 599 g/mol. The van der Waals surface area contributed by atoms with Crippen LogP contribution in [0.2, 0.25) is 0 Å². The Morgan fingerprint density at radius 3 is 1.97 bits per heavy atom. The van der Waals surface area contributed by atoms with Crippen LogP contribution in [0.25, 0.3) is 0 Å². The minimum absolute atomic E-state index is 0.0687. The van der Waals surface area contributed by atoms with E-state index < -0.39 is 17.6 Å². The van der Waals surface area contributed by atoms with Crippen LogP contribution in [0.15, 0.2) is 40.9 Å². The number of hydrogen-bond acceptors (Lipinski definition) is 2. The van der Waals surface area contributed by atoms with Gasteiger partial charge in [0.05, 0.1) is 17.7 Å². The smallest absolute Gasteiger partial charge is 0.417 e. The van der Waals surface area contributed by atoms with Gasteiger partial charge in [-0.15, -0.1) is 0 Å². The summed E-state index contributed by atoms with van der Waals surface area (Å²) in [5, 5.41) is 2.65. The van der Waals surface area contributed by atoms with Gasteiger partial charge in [-0.05, 0) is 49.6 Å². The molecule has 212 valence electrons. The van der Waals surface area contributed by atoms with Gasteiger partial charge in [0.2, 0.25) is 0 Å². The van der Waals surface area contributed by atoms with Gasteiger partial charge >= 0.3 is 6.18 Å². The highest BCUT2D eigenvalue weighted by Gasteiger charge is 2.33. The van der Waals surface area contributed by atoms with Crippen molar-refractivity contribution in [2.75, 3.05) is 11.9 Å². The van der Waals surface area contributed by atoms with E-state index in [1.165, 1.54) is 82.8 Å². The van der Waals surface area contributed by atoms with Gasteiger partial charge in [-0.2, -0.15) is 13.2 Å². The second kappa shape index (κ2) is 17.5. The predicted molar refractivity (Wildman–Crippen MR) is 154 cm³/mol. The van der Waals surface area contributed by atoms with Crippen molar-refractivity contribution in [1.29, 1.82) is 0 Å². The molecule has 0 aliphatic heterocycles. The standard InChI is InChI=1S/C31H43BrF3NO2/c1-3-5-6-7-8-9-10-11-12-13-14-15-16-18-24-19-17-20-28(38-4-2)29(24)30(37)36-25-21-22-27(32)26(23-25)31(33,34)35/h17,19-23H,3-16,18H2,1-2H3,(H,36,37). The number of unbranched alkanes of at least 4 members (excludes halogenated alkanes) is 12. The summed E-state index contributed by atoms with van der Waals surface area (Å²) in [5.74, 6) is -0.0143. The highest BCUT2D eigenvalue weighted by molar-refractivity contribution is 9.10. The third-order valence-electron chi connectivity index (χ3n) is 6.72. The number of anilines is 1.